The number of rotatable bonds is 0. The molecule has 4 atom stereocenters. The van der Waals surface area contributed by atoms with Gasteiger partial charge in [0, 0.05) is 12.3 Å². The second-order valence-electron chi connectivity index (χ2n) is 3.81. The molecular formula is C9H10O. The maximum atomic E-state index is 11.2. The zero-order valence-corrected chi connectivity index (χ0v) is 5.79. The summed E-state index contributed by atoms with van der Waals surface area (Å²) < 4.78 is 0. The van der Waals surface area contributed by atoms with Crippen molar-refractivity contribution in [3.8, 4) is 0 Å². The first-order valence-electron chi connectivity index (χ1n) is 4.07. The minimum Gasteiger partial charge on any atom is -0.299 e. The standard InChI is InChI=1S/C9H10O/c10-9-3-5-1-2-6(9)8-4-7(5)8/h1-2,5-8H,3-4H2/t5-,6+,7-,8-/m1/s1. The predicted molar refractivity (Wildman–Crippen MR) is 37.3 cm³/mol. The predicted octanol–water partition coefficient (Wildman–Crippen LogP) is 1.40. The molecule has 2 fully saturated rings. The Hall–Kier alpha value is -0.590. The smallest absolute Gasteiger partial charge is 0.140 e. The SMILES string of the molecule is O=C1C[C@H]2C=C[C@H]1[C@H]1C[C@@H]12. The van der Waals surface area contributed by atoms with Crippen molar-refractivity contribution in [2.24, 2.45) is 23.7 Å². The van der Waals surface area contributed by atoms with Gasteiger partial charge in [0.05, 0.1) is 0 Å². The topological polar surface area (TPSA) is 17.1 Å². The van der Waals surface area contributed by atoms with Crippen LogP contribution in [0.25, 0.3) is 0 Å². The van der Waals surface area contributed by atoms with Crippen molar-refractivity contribution >= 4 is 5.78 Å². The third kappa shape index (κ3) is 0.437. The van der Waals surface area contributed by atoms with Gasteiger partial charge in [-0.3, -0.25) is 4.79 Å². The summed E-state index contributed by atoms with van der Waals surface area (Å²) in [5.74, 6) is 3.17. The monoisotopic (exact) mass is 134 g/mol. The van der Waals surface area contributed by atoms with E-state index in [-0.39, 0.29) is 0 Å². The minimum atomic E-state index is 0.343. The van der Waals surface area contributed by atoms with Gasteiger partial charge >= 0.3 is 0 Å². The molecule has 0 saturated heterocycles. The highest BCUT2D eigenvalue weighted by Gasteiger charge is 2.54. The van der Waals surface area contributed by atoms with E-state index in [9.17, 15) is 4.79 Å². The fourth-order valence-corrected chi connectivity index (χ4v) is 2.62. The van der Waals surface area contributed by atoms with Crippen LogP contribution in [0, 0.1) is 23.7 Å². The quantitative estimate of drug-likeness (QED) is 0.458. The highest BCUT2D eigenvalue weighted by molar-refractivity contribution is 5.86. The third-order valence-electron chi connectivity index (χ3n) is 3.28. The number of carbonyl (C=O) groups is 1. The molecule has 4 aliphatic rings. The molecule has 0 radical (unpaired) electrons. The summed E-state index contributed by atoms with van der Waals surface area (Å²) in [6.45, 7) is 0. The lowest BCUT2D eigenvalue weighted by Gasteiger charge is -2.27. The molecule has 1 heteroatoms. The van der Waals surface area contributed by atoms with Gasteiger partial charge in [-0.25, -0.2) is 0 Å². The fraction of sp³-hybridized carbons (Fsp3) is 0.667. The van der Waals surface area contributed by atoms with E-state index in [0.29, 0.717) is 17.6 Å². The Morgan fingerprint density at radius 1 is 1.30 bits per heavy atom. The lowest BCUT2D eigenvalue weighted by Crippen LogP contribution is -2.29. The van der Waals surface area contributed by atoms with Gasteiger partial charge in [0.2, 0.25) is 0 Å². The van der Waals surface area contributed by atoms with Crippen molar-refractivity contribution in [1.29, 1.82) is 0 Å². The minimum absolute atomic E-state index is 0.343. The molecule has 2 bridgehead atoms. The second kappa shape index (κ2) is 1.36. The van der Waals surface area contributed by atoms with E-state index in [1.165, 1.54) is 6.42 Å². The summed E-state index contributed by atoms with van der Waals surface area (Å²) in [6, 6.07) is 0. The van der Waals surface area contributed by atoms with Gasteiger partial charge in [-0.05, 0) is 24.2 Å². The first kappa shape index (κ1) is 5.11. The van der Waals surface area contributed by atoms with Crippen LogP contribution in [0.2, 0.25) is 0 Å². The van der Waals surface area contributed by atoms with Crippen LogP contribution in [0.15, 0.2) is 12.2 Å². The van der Waals surface area contributed by atoms with Crippen molar-refractivity contribution in [2.75, 3.05) is 0 Å². The number of ketones is 1. The Kier molecular flexibility index (Phi) is 0.697. The van der Waals surface area contributed by atoms with Crippen molar-refractivity contribution in [3.05, 3.63) is 12.2 Å². The summed E-state index contributed by atoms with van der Waals surface area (Å²) in [5, 5.41) is 0. The van der Waals surface area contributed by atoms with Crippen LogP contribution in [-0.4, -0.2) is 5.78 Å². The Labute approximate surface area is 60.1 Å². The Morgan fingerprint density at radius 3 is 2.80 bits per heavy atom. The molecule has 10 heavy (non-hydrogen) atoms. The molecule has 4 aliphatic carbocycles. The molecule has 52 valence electrons. The molecule has 4 rings (SSSR count). The zero-order chi connectivity index (χ0) is 6.72. The van der Waals surface area contributed by atoms with Crippen LogP contribution in [-0.2, 0) is 4.79 Å². The summed E-state index contributed by atoms with van der Waals surface area (Å²) >= 11 is 0. The molecule has 0 aromatic carbocycles. The fourth-order valence-electron chi connectivity index (χ4n) is 2.62. The number of hydrogen-bond donors (Lipinski definition) is 0. The van der Waals surface area contributed by atoms with Gasteiger partial charge < -0.3 is 0 Å². The van der Waals surface area contributed by atoms with E-state index in [4.69, 9.17) is 0 Å². The average Bonchev–Trinajstić information content (AvgIpc) is 2.66. The summed E-state index contributed by atoms with van der Waals surface area (Å²) in [4.78, 5) is 11.2. The number of hydrogen-bond acceptors (Lipinski definition) is 1. The molecule has 1 nitrogen and oxygen atoms in total. The van der Waals surface area contributed by atoms with Gasteiger partial charge in [-0.2, -0.15) is 0 Å². The first-order chi connectivity index (χ1) is 4.86. The zero-order valence-electron chi connectivity index (χ0n) is 5.79. The largest absolute Gasteiger partial charge is 0.299 e. The molecule has 0 N–H and O–H groups in total. The number of allylic oxidation sites excluding steroid dienone is 2. The van der Waals surface area contributed by atoms with Crippen molar-refractivity contribution < 1.29 is 4.79 Å². The van der Waals surface area contributed by atoms with E-state index in [0.717, 1.165) is 18.3 Å². The summed E-state index contributed by atoms with van der Waals surface area (Å²) in [5.41, 5.74) is 0. The molecule has 0 amide bonds. The van der Waals surface area contributed by atoms with Crippen molar-refractivity contribution in [3.63, 3.8) is 0 Å². The molecule has 0 aromatic rings. The van der Waals surface area contributed by atoms with E-state index < -0.39 is 0 Å². The van der Waals surface area contributed by atoms with E-state index in [1.807, 2.05) is 0 Å². The Bertz CT molecular complexity index is 229. The van der Waals surface area contributed by atoms with Crippen molar-refractivity contribution in [2.45, 2.75) is 12.8 Å². The lowest BCUT2D eigenvalue weighted by molar-refractivity contribution is -0.124. The third-order valence-corrected chi connectivity index (χ3v) is 3.28. The van der Waals surface area contributed by atoms with Crippen LogP contribution >= 0.6 is 0 Å². The molecule has 0 aromatic heterocycles. The normalized spacial score (nSPS) is 55.0. The van der Waals surface area contributed by atoms with Crippen LogP contribution in [0.5, 0.6) is 0 Å². The maximum absolute atomic E-state index is 11.2. The van der Waals surface area contributed by atoms with E-state index >= 15 is 0 Å². The van der Waals surface area contributed by atoms with Gasteiger partial charge in [0.1, 0.15) is 5.78 Å². The van der Waals surface area contributed by atoms with Gasteiger partial charge in [0.25, 0.3) is 0 Å². The van der Waals surface area contributed by atoms with E-state index in [1.54, 1.807) is 0 Å². The average molecular weight is 134 g/mol. The highest BCUT2D eigenvalue weighted by Crippen LogP contribution is 2.58. The first-order valence-corrected chi connectivity index (χ1v) is 4.07. The maximum Gasteiger partial charge on any atom is 0.140 e. The van der Waals surface area contributed by atoms with Crippen LogP contribution < -0.4 is 0 Å². The Morgan fingerprint density at radius 2 is 2.20 bits per heavy atom. The van der Waals surface area contributed by atoms with Crippen LogP contribution in [0.4, 0.5) is 0 Å². The van der Waals surface area contributed by atoms with Crippen LogP contribution in [0.1, 0.15) is 12.8 Å². The Balaban J connectivity index is 2.09. The molecular weight excluding hydrogens is 124 g/mol. The number of carbonyl (C=O) groups excluding carboxylic acids is 1. The van der Waals surface area contributed by atoms with Gasteiger partial charge in [-0.15, -0.1) is 0 Å². The molecule has 0 aliphatic heterocycles. The molecule has 0 heterocycles. The van der Waals surface area contributed by atoms with E-state index in [2.05, 4.69) is 12.2 Å². The number of Topliss-reactive ketones (excluding diaryl/α,β-unsaturated/α-hetero) is 1. The molecule has 0 spiro atoms. The van der Waals surface area contributed by atoms with Gasteiger partial charge in [-0.1, -0.05) is 12.2 Å². The lowest BCUT2D eigenvalue weighted by atomic mass is 9.75. The summed E-state index contributed by atoms with van der Waals surface area (Å²) in [6.07, 6.45) is 6.58. The van der Waals surface area contributed by atoms with Crippen molar-refractivity contribution in [1.82, 2.24) is 0 Å². The second-order valence-corrected chi connectivity index (χ2v) is 3.81. The highest BCUT2D eigenvalue weighted by atomic mass is 16.1. The molecule has 0 unspecified atom stereocenters. The molecule has 2 saturated carbocycles. The van der Waals surface area contributed by atoms with Gasteiger partial charge in [0.15, 0.2) is 0 Å². The number of fused-ring (bicyclic) bond motifs is 1. The van der Waals surface area contributed by atoms with Crippen LogP contribution in [0.3, 0.4) is 0 Å². The summed E-state index contributed by atoms with van der Waals surface area (Å²) in [7, 11) is 0.